The van der Waals surface area contributed by atoms with E-state index in [1.807, 2.05) is 11.3 Å². The van der Waals surface area contributed by atoms with Crippen LogP contribution in [0.5, 0.6) is 0 Å². The van der Waals surface area contributed by atoms with Crippen molar-refractivity contribution in [3.8, 4) is 0 Å². The molecule has 0 saturated carbocycles. The average Bonchev–Trinajstić information content (AvgIpc) is 2.56. The van der Waals surface area contributed by atoms with E-state index < -0.39 is 0 Å². The van der Waals surface area contributed by atoms with Crippen molar-refractivity contribution < 1.29 is 0 Å². The molecule has 0 aliphatic carbocycles. The highest BCUT2D eigenvalue weighted by atomic mass is 32.1. The van der Waals surface area contributed by atoms with Gasteiger partial charge in [0.1, 0.15) is 0 Å². The van der Waals surface area contributed by atoms with Crippen LogP contribution in [0.15, 0.2) is 6.07 Å². The van der Waals surface area contributed by atoms with Gasteiger partial charge < -0.3 is 10.2 Å². The van der Waals surface area contributed by atoms with Gasteiger partial charge in [-0.1, -0.05) is 6.92 Å². The van der Waals surface area contributed by atoms with Gasteiger partial charge in [0.25, 0.3) is 0 Å². The summed E-state index contributed by atoms with van der Waals surface area (Å²) < 4.78 is 0. The van der Waals surface area contributed by atoms with E-state index in [0.717, 1.165) is 19.6 Å². The largest absolute Gasteiger partial charge is 0.307 e. The quantitative estimate of drug-likeness (QED) is 0.866. The highest BCUT2D eigenvalue weighted by Crippen LogP contribution is 2.23. The first-order valence-corrected chi connectivity index (χ1v) is 7.15. The molecule has 17 heavy (non-hydrogen) atoms. The van der Waals surface area contributed by atoms with Crippen LogP contribution < -0.4 is 5.32 Å². The fourth-order valence-electron chi connectivity index (χ4n) is 1.59. The summed E-state index contributed by atoms with van der Waals surface area (Å²) in [5, 5.41) is 3.54. The first kappa shape index (κ1) is 14.7. The van der Waals surface area contributed by atoms with E-state index in [4.69, 9.17) is 0 Å². The molecule has 0 bridgehead atoms. The Kier molecular flexibility index (Phi) is 5.17. The van der Waals surface area contributed by atoms with Gasteiger partial charge in [0.2, 0.25) is 0 Å². The van der Waals surface area contributed by atoms with Crippen LogP contribution >= 0.6 is 11.3 Å². The van der Waals surface area contributed by atoms with Crippen LogP contribution in [-0.2, 0) is 13.1 Å². The van der Waals surface area contributed by atoms with Crippen LogP contribution in [0.1, 0.15) is 43.0 Å². The smallest absolute Gasteiger partial charge is 0.0304 e. The molecule has 98 valence electrons. The van der Waals surface area contributed by atoms with E-state index in [0.29, 0.717) is 0 Å². The molecule has 3 heteroatoms. The molecule has 0 radical (unpaired) electrons. The minimum atomic E-state index is 0.193. The van der Waals surface area contributed by atoms with Gasteiger partial charge >= 0.3 is 0 Å². The highest BCUT2D eigenvalue weighted by Gasteiger charge is 2.11. The summed E-state index contributed by atoms with van der Waals surface area (Å²) in [7, 11) is 2.17. The van der Waals surface area contributed by atoms with Crippen molar-refractivity contribution in [3.63, 3.8) is 0 Å². The molecule has 2 nitrogen and oxygen atoms in total. The van der Waals surface area contributed by atoms with Gasteiger partial charge in [-0.3, -0.25) is 0 Å². The zero-order chi connectivity index (χ0) is 13.1. The van der Waals surface area contributed by atoms with Crippen LogP contribution in [0.2, 0.25) is 0 Å². The number of nitrogens with zero attached hydrogens (tertiary/aromatic N) is 1. The third-order valence-electron chi connectivity index (χ3n) is 2.84. The average molecular weight is 254 g/mol. The molecule has 0 amide bonds. The van der Waals surface area contributed by atoms with Gasteiger partial charge in [-0.25, -0.2) is 0 Å². The van der Waals surface area contributed by atoms with E-state index in [-0.39, 0.29) is 5.54 Å². The second kappa shape index (κ2) is 5.98. The zero-order valence-electron chi connectivity index (χ0n) is 12.1. The third kappa shape index (κ3) is 5.19. The minimum absolute atomic E-state index is 0.193. The predicted octanol–water partition coefficient (Wildman–Crippen LogP) is 3.40. The molecule has 0 aliphatic heterocycles. The van der Waals surface area contributed by atoms with E-state index in [1.165, 1.54) is 15.3 Å². The zero-order valence-corrected chi connectivity index (χ0v) is 12.9. The Bertz CT molecular complexity index is 350. The number of hydrogen-bond donors (Lipinski definition) is 1. The predicted molar refractivity (Wildman–Crippen MR) is 77.7 cm³/mol. The first-order valence-electron chi connectivity index (χ1n) is 6.33. The molecule has 0 saturated heterocycles. The second-order valence-electron chi connectivity index (χ2n) is 5.73. The molecule has 0 aliphatic rings. The molecular weight excluding hydrogens is 228 g/mol. The third-order valence-corrected chi connectivity index (χ3v) is 3.94. The van der Waals surface area contributed by atoms with E-state index in [2.05, 4.69) is 57.9 Å². The van der Waals surface area contributed by atoms with Crippen molar-refractivity contribution in [1.29, 1.82) is 0 Å². The lowest BCUT2D eigenvalue weighted by Crippen LogP contribution is -2.34. The first-order chi connectivity index (χ1) is 7.81. The maximum absolute atomic E-state index is 3.54. The second-order valence-corrected chi connectivity index (χ2v) is 7.07. The summed E-state index contributed by atoms with van der Waals surface area (Å²) in [4.78, 5) is 5.24. The van der Waals surface area contributed by atoms with Crippen molar-refractivity contribution in [2.24, 2.45) is 0 Å². The summed E-state index contributed by atoms with van der Waals surface area (Å²) >= 11 is 1.92. The molecule has 1 heterocycles. The molecular formula is C14H26N2S. The van der Waals surface area contributed by atoms with Crippen molar-refractivity contribution in [1.82, 2.24) is 10.2 Å². The normalized spacial score (nSPS) is 12.4. The van der Waals surface area contributed by atoms with Crippen LogP contribution in [0.3, 0.4) is 0 Å². The van der Waals surface area contributed by atoms with Gasteiger partial charge in [0, 0.05) is 28.4 Å². The molecule has 1 N–H and O–H groups in total. The van der Waals surface area contributed by atoms with E-state index >= 15 is 0 Å². The molecule has 0 spiro atoms. The summed E-state index contributed by atoms with van der Waals surface area (Å²) in [5.41, 5.74) is 1.67. The Hall–Kier alpha value is -0.380. The number of nitrogens with one attached hydrogen (secondary N) is 1. The van der Waals surface area contributed by atoms with Crippen molar-refractivity contribution in [2.75, 3.05) is 13.6 Å². The summed E-state index contributed by atoms with van der Waals surface area (Å²) in [5.74, 6) is 0. The molecule has 1 aromatic heterocycles. The van der Waals surface area contributed by atoms with Crippen LogP contribution in [0, 0.1) is 6.92 Å². The minimum Gasteiger partial charge on any atom is -0.307 e. The number of hydrogen-bond acceptors (Lipinski definition) is 3. The standard InChI is InChI=1S/C14H26N2S/c1-7-16(6)10-12-8-13(17-11(12)2)9-15-14(3,4)5/h8,15H,7,9-10H2,1-6H3. The van der Waals surface area contributed by atoms with Crippen LogP contribution in [0.25, 0.3) is 0 Å². The number of aryl methyl sites for hydroxylation is 1. The highest BCUT2D eigenvalue weighted by molar-refractivity contribution is 7.12. The Morgan fingerprint density at radius 2 is 2.00 bits per heavy atom. The fourth-order valence-corrected chi connectivity index (χ4v) is 2.58. The van der Waals surface area contributed by atoms with Gasteiger partial charge in [-0.05, 0) is 52.9 Å². The van der Waals surface area contributed by atoms with Gasteiger partial charge in [-0.15, -0.1) is 11.3 Å². The molecule has 0 unspecified atom stereocenters. The Morgan fingerprint density at radius 3 is 2.53 bits per heavy atom. The SMILES string of the molecule is CCN(C)Cc1cc(CNC(C)(C)C)sc1C. The van der Waals surface area contributed by atoms with Crippen LogP contribution in [0.4, 0.5) is 0 Å². The summed E-state index contributed by atoms with van der Waals surface area (Å²) in [6.07, 6.45) is 0. The van der Waals surface area contributed by atoms with Crippen molar-refractivity contribution in [2.45, 2.75) is 53.2 Å². The van der Waals surface area contributed by atoms with Gasteiger partial charge in [-0.2, -0.15) is 0 Å². The molecule has 0 fully saturated rings. The Balaban J connectivity index is 2.62. The lowest BCUT2D eigenvalue weighted by molar-refractivity contribution is 0.345. The summed E-state index contributed by atoms with van der Waals surface area (Å²) in [6.45, 7) is 14.2. The lowest BCUT2D eigenvalue weighted by Gasteiger charge is -2.19. The fraction of sp³-hybridized carbons (Fsp3) is 0.714. The topological polar surface area (TPSA) is 15.3 Å². The molecule has 1 aromatic rings. The maximum atomic E-state index is 3.54. The Labute approximate surface area is 110 Å². The molecule has 0 aromatic carbocycles. The van der Waals surface area contributed by atoms with Crippen molar-refractivity contribution in [3.05, 3.63) is 21.4 Å². The number of thiophene rings is 1. The summed E-state index contributed by atoms with van der Waals surface area (Å²) in [6, 6.07) is 2.35. The maximum Gasteiger partial charge on any atom is 0.0304 e. The van der Waals surface area contributed by atoms with Crippen LogP contribution in [-0.4, -0.2) is 24.0 Å². The Morgan fingerprint density at radius 1 is 1.35 bits per heavy atom. The number of rotatable bonds is 5. The molecule has 1 rings (SSSR count). The lowest BCUT2D eigenvalue weighted by atomic mass is 10.1. The van der Waals surface area contributed by atoms with Gasteiger partial charge in [0.15, 0.2) is 0 Å². The van der Waals surface area contributed by atoms with E-state index in [9.17, 15) is 0 Å². The monoisotopic (exact) mass is 254 g/mol. The van der Waals surface area contributed by atoms with E-state index in [1.54, 1.807) is 0 Å². The van der Waals surface area contributed by atoms with Crippen molar-refractivity contribution >= 4 is 11.3 Å². The molecule has 0 atom stereocenters. The van der Waals surface area contributed by atoms with Gasteiger partial charge in [0.05, 0.1) is 0 Å².